The Morgan fingerprint density at radius 1 is 1.38 bits per heavy atom. The molecule has 1 aromatic rings. The van der Waals surface area contributed by atoms with Gasteiger partial charge in [-0.15, -0.1) is 0 Å². The normalized spacial score (nSPS) is 17.8. The Balaban J connectivity index is 1.97. The second kappa shape index (κ2) is 6.89. The van der Waals surface area contributed by atoms with E-state index in [4.69, 9.17) is 5.11 Å². The summed E-state index contributed by atoms with van der Waals surface area (Å²) in [5.41, 5.74) is -0.0938. The van der Waals surface area contributed by atoms with Crippen LogP contribution in [0, 0.1) is 0 Å². The lowest BCUT2D eigenvalue weighted by Crippen LogP contribution is -2.48. The summed E-state index contributed by atoms with van der Waals surface area (Å²) in [6.07, 6.45) is -1.52. The molecule has 1 aromatic heterocycles. The van der Waals surface area contributed by atoms with Crippen molar-refractivity contribution in [2.45, 2.75) is 31.6 Å². The molecule has 2 heterocycles. The number of nitrogens with one attached hydrogen (secondary N) is 1. The molecule has 1 saturated heterocycles. The number of carboxylic acid groups (broad SMARTS) is 1. The van der Waals surface area contributed by atoms with E-state index < -0.39 is 36.5 Å². The summed E-state index contributed by atoms with van der Waals surface area (Å²) in [4.78, 5) is 36.0. The molecule has 11 heteroatoms. The fourth-order valence-corrected chi connectivity index (χ4v) is 2.43. The number of hydrogen-bond acceptors (Lipinski definition) is 4. The highest BCUT2D eigenvalue weighted by Gasteiger charge is 2.36. The first kappa shape index (κ1) is 17.8. The average Bonchev–Trinajstić information content (AvgIpc) is 3.12. The van der Waals surface area contributed by atoms with Crippen molar-refractivity contribution >= 4 is 17.8 Å². The first-order valence-corrected chi connectivity index (χ1v) is 7.07. The summed E-state index contributed by atoms with van der Waals surface area (Å²) in [6, 6.07) is -0.964. The summed E-state index contributed by atoms with van der Waals surface area (Å²) in [5, 5.41) is 14.3. The number of aromatic nitrogens is 2. The third-order valence-electron chi connectivity index (χ3n) is 3.52. The highest BCUT2D eigenvalue weighted by atomic mass is 19.4. The zero-order valence-electron chi connectivity index (χ0n) is 12.4. The molecule has 132 valence electrons. The minimum atomic E-state index is -4.52. The predicted octanol–water partition coefficient (Wildman–Crippen LogP) is 0.251. The van der Waals surface area contributed by atoms with Crippen LogP contribution < -0.4 is 5.32 Å². The van der Waals surface area contributed by atoms with E-state index >= 15 is 0 Å². The van der Waals surface area contributed by atoms with Crippen LogP contribution in [0.3, 0.4) is 0 Å². The van der Waals surface area contributed by atoms with Crippen LogP contribution in [0.25, 0.3) is 0 Å². The van der Waals surface area contributed by atoms with Crippen molar-refractivity contribution in [1.82, 2.24) is 20.0 Å². The van der Waals surface area contributed by atoms with Crippen molar-refractivity contribution in [2.75, 3.05) is 13.1 Å². The molecule has 2 N–H and O–H groups in total. The second-order valence-electron chi connectivity index (χ2n) is 5.31. The Bertz CT molecular complexity index is 643. The Labute approximate surface area is 134 Å². The number of carbonyl (C=O) groups excluding carboxylic acids is 2. The van der Waals surface area contributed by atoms with Crippen LogP contribution in [0.2, 0.25) is 0 Å². The predicted molar refractivity (Wildman–Crippen MR) is 73.0 cm³/mol. The number of aromatic carboxylic acids is 1. The maximum Gasteiger partial charge on any atom is 0.405 e. The van der Waals surface area contributed by atoms with E-state index in [1.165, 1.54) is 4.90 Å². The molecule has 24 heavy (non-hydrogen) atoms. The van der Waals surface area contributed by atoms with E-state index in [1.807, 2.05) is 0 Å². The van der Waals surface area contributed by atoms with Crippen molar-refractivity contribution in [3.8, 4) is 0 Å². The van der Waals surface area contributed by atoms with Gasteiger partial charge in [0, 0.05) is 12.7 Å². The van der Waals surface area contributed by atoms with Crippen molar-refractivity contribution in [1.29, 1.82) is 0 Å². The van der Waals surface area contributed by atoms with Gasteiger partial charge in [0.2, 0.25) is 11.8 Å². The fraction of sp³-hybridized carbons (Fsp3) is 0.538. The summed E-state index contributed by atoms with van der Waals surface area (Å²) >= 11 is 0. The number of amides is 2. The number of hydrogen-bond donors (Lipinski definition) is 2. The summed E-state index contributed by atoms with van der Waals surface area (Å²) in [7, 11) is 0. The summed E-state index contributed by atoms with van der Waals surface area (Å²) in [6.45, 7) is -1.50. The van der Waals surface area contributed by atoms with Crippen LogP contribution in [0.1, 0.15) is 23.2 Å². The maximum atomic E-state index is 12.2. The summed E-state index contributed by atoms with van der Waals surface area (Å²) in [5.74, 6) is -2.57. The van der Waals surface area contributed by atoms with E-state index in [0.29, 0.717) is 6.42 Å². The Kier molecular flexibility index (Phi) is 5.10. The second-order valence-corrected chi connectivity index (χ2v) is 5.31. The lowest BCUT2D eigenvalue weighted by atomic mass is 10.2. The van der Waals surface area contributed by atoms with Crippen molar-refractivity contribution in [3.63, 3.8) is 0 Å². The smallest absolute Gasteiger partial charge is 0.405 e. The Morgan fingerprint density at radius 2 is 2.08 bits per heavy atom. The monoisotopic (exact) mass is 348 g/mol. The van der Waals surface area contributed by atoms with Gasteiger partial charge < -0.3 is 15.3 Å². The van der Waals surface area contributed by atoms with Gasteiger partial charge in [-0.3, -0.25) is 14.3 Å². The lowest BCUT2D eigenvalue weighted by Gasteiger charge is -2.24. The highest BCUT2D eigenvalue weighted by Crippen LogP contribution is 2.19. The molecule has 0 bridgehead atoms. The van der Waals surface area contributed by atoms with Gasteiger partial charge in [0.05, 0.1) is 11.8 Å². The van der Waals surface area contributed by atoms with Gasteiger partial charge in [0.15, 0.2) is 0 Å². The molecule has 1 fully saturated rings. The quantitative estimate of drug-likeness (QED) is 0.794. The lowest BCUT2D eigenvalue weighted by molar-refractivity contribution is -0.145. The van der Waals surface area contributed by atoms with Gasteiger partial charge in [-0.1, -0.05) is 0 Å². The van der Waals surface area contributed by atoms with E-state index in [0.717, 1.165) is 17.1 Å². The van der Waals surface area contributed by atoms with E-state index in [2.05, 4.69) is 5.10 Å². The zero-order chi connectivity index (χ0) is 17.9. The van der Waals surface area contributed by atoms with Crippen LogP contribution in [-0.4, -0.2) is 62.9 Å². The fourth-order valence-electron chi connectivity index (χ4n) is 2.43. The number of likely N-dealkylation sites (tertiary alicyclic amines) is 1. The van der Waals surface area contributed by atoms with E-state index in [1.54, 1.807) is 5.32 Å². The Hall–Kier alpha value is -2.59. The molecule has 0 saturated carbocycles. The van der Waals surface area contributed by atoms with Crippen LogP contribution in [0.15, 0.2) is 12.4 Å². The van der Waals surface area contributed by atoms with Crippen molar-refractivity contribution < 1.29 is 32.7 Å². The molecule has 1 atom stereocenters. The van der Waals surface area contributed by atoms with Gasteiger partial charge in [-0.05, 0) is 12.8 Å². The topological polar surface area (TPSA) is 105 Å². The zero-order valence-corrected chi connectivity index (χ0v) is 12.4. The highest BCUT2D eigenvalue weighted by molar-refractivity contribution is 5.89. The molecular formula is C13H15F3N4O4. The first-order valence-electron chi connectivity index (χ1n) is 7.07. The third-order valence-corrected chi connectivity index (χ3v) is 3.52. The number of alkyl halides is 3. The molecule has 0 radical (unpaired) electrons. The molecule has 8 nitrogen and oxygen atoms in total. The molecule has 1 aliphatic heterocycles. The summed E-state index contributed by atoms with van der Waals surface area (Å²) < 4.78 is 37.6. The number of nitrogens with zero attached hydrogens (tertiary/aromatic N) is 3. The number of halogens is 3. The average molecular weight is 348 g/mol. The first-order chi connectivity index (χ1) is 11.2. The minimum absolute atomic E-state index is 0.0938. The van der Waals surface area contributed by atoms with E-state index in [-0.39, 0.29) is 25.1 Å². The number of carbonyl (C=O) groups is 3. The van der Waals surface area contributed by atoms with Crippen LogP contribution in [0.4, 0.5) is 13.2 Å². The molecule has 0 spiro atoms. The van der Waals surface area contributed by atoms with Gasteiger partial charge in [0.25, 0.3) is 0 Å². The number of carboxylic acids is 1. The maximum absolute atomic E-state index is 12.2. The molecule has 1 unspecified atom stereocenters. The van der Waals surface area contributed by atoms with Gasteiger partial charge in [-0.2, -0.15) is 18.3 Å². The van der Waals surface area contributed by atoms with E-state index in [9.17, 15) is 27.6 Å². The minimum Gasteiger partial charge on any atom is -0.478 e. The van der Waals surface area contributed by atoms with Crippen LogP contribution in [-0.2, 0) is 16.1 Å². The molecule has 1 aliphatic rings. The molecule has 0 aromatic carbocycles. The molecule has 0 aliphatic carbocycles. The third kappa shape index (κ3) is 4.46. The SMILES string of the molecule is O=C(O)c1cnn(CC(=O)N2CCCC2C(=O)NCC(F)(F)F)c1. The molecular weight excluding hydrogens is 333 g/mol. The standard InChI is InChI=1S/C13H15F3N4O4/c14-13(15,16)7-17-11(22)9-2-1-3-20(9)10(21)6-19-5-8(4-18-19)12(23)24/h4-5,9H,1-3,6-7H2,(H,17,22)(H,23,24). The molecule has 2 amide bonds. The van der Waals surface area contributed by atoms with Crippen LogP contribution >= 0.6 is 0 Å². The van der Waals surface area contributed by atoms with Crippen molar-refractivity contribution in [3.05, 3.63) is 18.0 Å². The van der Waals surface area contributed by atoms with Crippen LogP contribution in [0.5, 0.6) is 0 Å². The van der Waals surface area contributed by atoms with Gasteiger partial charge in [-0.25, -0.2) is 4.79 Å². The largest absolute Gasteiger partial charge is 0.478 e. The van der Waals surface area contributed by atoms with Crippen molar-refractivity contribution in [2.24, 2.45) is 0 Å². The van der Waals surface area contributed by atoms with Gasteiger partial charge >= 0.3 is 12.1 Å². The Morgan fingerprint density at radius 3 is 2.67 bits per heavy atom. The van der Waals surface area contributed by atoms with Gasteiger partial charge in [0.1, 0.15) is 19.1 Å². The molecule has 2 rings (SSSR count). The number of rotatable bonds is 5.